The number of carbonyl (C=O) groups is 2. The van der Waals surface area contributed by atoms with Gasteiger partial charge in [0.25, 0.3) is 11.8 Å². The van der Waals surface area contributed by atoms with Crippen molar-refractivity contribution in [3.05, 3.63) is 73.6 Å². The lowest BCUT2D eigenvalue weighted by Gasteiger charge is -2.46. The number of hydrazine groups is 1. The normalized spacial score (nSPS) is 20.9. The Balaban J connectivity index is 1.70. The third-order valence-electron chi connectivity index (χ3n) is 5.87. The van der Waals surface area contributed by atoms with E-state index in [0.29, 0.717) is 24.9 Å². The number of halogens is 5. The number of aliphatic hydroxyl groups is 1. The summed E-state index contributed by atoms with van der Waals surface area (Å²) in [5, 5.41) is 16.3. The Kier molecular flexibility index (Phi) is 6.32. The first-order valence-corrected chi connectivity index (χ1v) is 11.5. The third-order valence-corrected chi connectivity index (χ3v) is 7.24. The van der Waals surface area contributed by atoms with Gasteiger partial charge in [-0.05, 0) is 81.5 Å². The third kappa shape index (κ3) is 4.17. The topological polar surface area (TPSA) is 72.9 Å². The summed E-state index contributed by atoms with van der Waals surface area (Å²) >= 11 is 5.88. The van der Waals surface area contributed by atoms with Crippen LogP contribution in [0.3, 0.4) is 0 Å². The SMILES string of the molecule is C[C@]12CCCN1N(Cc1ccc(F)c(Br)c1)C(=O)C(C(=O)Nc1cc(F)c(Br)c(F)c1)=C2O. The minimum absolute atomic E-state index is 0.0267. The Morgan fingerprint density at radius 1 is 1.15 bits per heavy atom. The maximum Gasteiger partial charge on any atom is 0.277 e. The van der Waals surface area contributed by atoms with Crippen LogP contribution in [-0.2, 0) is 16.1 Å². The highest BCUT2D eigenvalue weighted by molar-refractivity contribution is 9.10. The van der Waals surface area contributed by atoms with Gasteiger partial charge in [0.05, 0.1) is 21.0 Å². The van der Waals surface area contributed by atoms with Gasteiger partial charge in [-0.1, -0.05) is 6.07 Å². The van der Waals surface area contributed by atoms with Crippen LogP contribution in [0.5, 0.6) is 0 Å². The quantitative estimate of drug-likeness (QED) is 0.381. The van der Waals surface area contributed by atoms with E-state index in [2.05, 4.69) is 37.2 Å². The minimum Gasteiger partial charge on any atom is -0.509 e. The molecule has 33 heavy (non-hydrogen) atoms. The van der Waals surface area contributed by atoms with Crippen molar-refractivity contribution in [3.8, 4) is 0 Å². The van der Waals surface area contributed by atoms with Crippen molar-refractivity contribution in [1.29, 1.82) is 0 Å². The molecule has 0 unspecified atom stereocenters. The first kappa shape index (κ1) is 23.8. The molecule has 2 aromatic carbocycles. The molecule has 1 atom stereocenters. The molecule has 0 aliphatic carbocycles. The van der Waals surface area contributed by atoms with Gasteiger partial charge in [-0.3, -0.25) is 14.6 Å². The molecule has 174 valence electrons. The van der Waals surface area contributed by atoms with Crippen molar-refractivity contribution in [2.75, 3.05) is 11.9 Å². The summed E-state index contributed by atoms with van der Waals surface area (Å²) < 4.78 is 41.2. The summed E-state index contributed by atoms with van der Waals surface area (Å²) in [6.45, 7) is 2.20. The fourth-order valence-electron chi connectivity index (χ4n) is 4.18. The number of nitrogens with one attached hydrogen (secondary N) is 1. The fraction of sp³-hybridized carbons (Fsp3) is 0.273. The molecule has 1 saturated heterocycles. The van der Waals surface area contributed by atoms with Crippen molar-refractivity contribution >= 4 is 49.4 Å². The zero-order valence-electron chi connectivity index (χ0n) is 17.3. The van der Waals surface area contributed by atoms with Crippen molar-refractivity contribution in [3.63, 3.8) is 0 Å². The highest BCUT2D eigenvalue weighted by atomic mass is 79.9. The maximum absolute atomic E-state index is 13.9. The molecular formula is C22H18Br2F3N3O3. The lowest BCUT2D eigenvalue weighted by molar-refractivity contribution is -0.160. The van der Waals surface area contributed by atoms with Crippen LogP contribution in [0.4, 0.5) is 18.9 Å². The molecule has 0 radical (unpaired) electrons. The summed E-state index contributed by atoms with van der Waals surface area (Å²) in [5.74, 6) is -4.50. The molecule has 0 bridgehead atoms. The van der Waals surface area contributed by atoms with Crippen LogP contribution in [-0.4, -0.2) is 39.0 Å². The van der Waals surface area contributed by atoms with E-state index in [1.165, 1.54) is 23.2 Å². The van der Waals surface area contributed by atoms with Crippen molar-refractivity contribution in [1.82, 2.24) is 10.0 Å². The van der Waals surface area contributed by atoms with Crippen LogP contribution < -0.4 is 5.32 Å². The molecule has 11 heteroatoms. The predicted molar refractivity (Wildman–Crippen MR) is 121 cm³/mol. The second kappa shape index (κ2) is 8.77. The van der Waals surface area contributed by atoms with Crippen LogP contribution in [0.15, 0.2) is 50.6 Å². The smallest absolute Gasteiger partial charge is 0.277 e. The summed E-state index contributed by atoms with van der Waals surface area (Å²) in [4.78, 5) is 26.4. The van der Waals surface area contributed by atoms with Crippen LogP contribution >= 0.6 is 31.9 Å². The first-order valence-electron chi connectivity index (χ1n) is 9.96. The van der Waals surface area contributed by atoms with E-state index in [-0.39, 0.29) is 21.2 Å². The number of nitrogens with zero attached hydrogens (tertiary/aromatic N) is 2. The zero-order valence-corrected chi connectivity index (χ0v) is 20.4. The molecule has 0 saturated carbocycles. The molecule has 2 aliphatic heterocycles. The molecular weight excluding hydrogens is 571 g/mol. The number of benzene rings is 2. The number of carbonyl (C=O) groups excluding carboxylic acids is 2. The summed E-state index contributed by atoms with van der Waals surface area (Å²) in [7, 11) is 0. The average Bonchev–Trinajstić information content (AvgIpc) is 3.15. The Hall–Kier alpha value is -2.37. The van der Waals surface area contributed by atoms with Crippen LogP contribution in [0, 0.1) is 17.5 Å². The number of hydrogen-bond acceptors (Lipinski definition) is 4. The van der Waals surface area contributed by atoms with Gasteiger partial charge in [0.15, 0.2) is 0 Å². The predicted octanol–water partition coefficient (Wildman–Crippen LogP) is 5.19. The van der Waals surface area contributed by atoms with Gasteiger partial charge in [-0.15, -0.1) is 0 Å². The van der Waals surface area contributed by atoms with Crippen LogP contribution in [0.2, 0.25) is 0 Å². The fourth-order valence-corrected chi connectivity index (χ4v) is 4.84. The van der Waals surface area contributed by atoms with Gasteiger partial charge < -0.3 is 10.4 Å². The molecule has 4 rings (SSSR count). The van der Waals surface area contributed by atoms with Crippen LogP contribution in [0.1, 0.15) is 25.3 Å². The number of rotatable bonds is 4. The van der Waals surface area contributed by atoms with Gasteiger partial charge in [-0.2, -0.15) is 0 Å². The van der Waals surface area contributed by atoms with Gasteiger partial charge >= 0.3 is 0 Å². The highest BCUT2D eigenvalue weighted by Crippen LogP contribution is 2.42. The highest BCUT2D eigenvalue weighted by Gasteiger charge is 2.52. The first-order chi connectivity index (χ1) is 15.5. The average molecular weight is 589 g/mol. The minimum atomic E-state index is -1.02. The monoisotopic (exact) mass is 587 g/mol. The van der Waals surface area contributed by atoms with E-state index in [1.807, 2.05) is 0 Å². The second-order valence-electron chi connectivity index (χ2n) is 8.04. The molecule has 2 amide bonds. The van der Waals surface area contributed by atoms with Gasteiger partial charge in [0.2, 0.25) is 0 Å². The van der Waals surface area contributed by atoms with Crippen LogP contribution in [0.25, 0.3) is 0 Å². The summed E-state index contributed by atoms with van der Waals surface area (Å²) in [5.41, 5.74) is -1.14. The van der Waals surface area contributed by atoms with E-state index >= 15 is 0 Å². The molecule has 0 aromatic heterocycles. The van der Waals surface area contributed by atoms with E-state index < -0.39 is 46.1 Å². The van der Waals surface area contributed by atoms with Crippen molar-refractivity contribution in [2.45, 2.75) is 31.8 Å². The Bertz CT molecular complexity index is 1180. The molecule has 0 spiro atoms. The summed E-state index contributed by atoms with van der Waals surface area (Å²) in [6, 6.07) is 6.10. The van der Waals surface area contributed by atoms with E-state index in [4.69, 9.17) is 0 Å². The second-order valence-corrected chi connectivity index (χ2v) is 9.69. The largest absolute Gasteiger partial charge is 0.509 e. The Labute approximate surface area is 204 Å². The van der Waals surface area contributed by atoms with Gasteiger partial charge in [0.1, 0.15) is 28.8 Å². The summed E-state index contributed by atoms with van der Waals surface area (Å²) in [6.07, 6.45) is 1.14. The lowest BCUT2D eigenvalue weighted by Crippen LogP contribution is -2.60. The molecule has 2 aromatic rings. The number of aliphatic hydroxyl groups excluding tert-OH is 1. The maximum atomic E-state index is 13.9. The molecule has 6 nitrogen and oxygen atoms in total. The Morgan fingerprint density at radius 2 is 1.82 bits per heavy atom. The van der Waals surface area contributed by atoms with E-state index in [0.717, 1.165) is 12.1 Å². The lowest BCUT2D eigenvalue weighted by atomic mass is 9.90. The number of fused-ring (bicyclic) bond motifs is 1. The molecule has 1 fully saturated rings. The van der Waals surface area contributed by atoms with E-state index in [9.17, 15) is 27.9 Å². The van der Waals surface area contributed by atoms with Crippen molar-refractivity contribution < 1.29 is 27.9 Å². The molecule has 2 aliphatic rings. The standard InChI is InChI=1S/C22H18Br2F3N3O3/c1-22-5-2-6-30(22)29(10-11-3-4-14(25)13(23)7-11)21(33)17(19(22)31)20(32)28-12-8-15(26)18(24)16(27)9-12/h3-4,7-9,31H,2,5-6,10H2,1H3,(H,28,32)/t22-/m1/s1. The van der Waals surface area contributed by atoms with E-state index in [1.54, 1.807) is 11.9 Å². The zero-order chi connectivity index (χ0) is 24.1. The van der Waals surface area contributed by atoms with Gasteiger partial charge in [-0.25, -0.2) is 18.2 Å². The Morgan fingerprint density at radius 3 is 2.45 bits per heavy atom. The number of anilines is 1. The number of hydrogen-bond donors (Lipinski definition) is 2. The number of amides is 2. The molecule has 2 N–H and O–H groups in total. The van der Waals surface area contributed by atoms with Crippen molar-refractivity contribution in [2.24, 2.45) is 0 Å². The molecule has 2 heterocycles. The van der Waals surface area contributed by atoms with Gasteiger partial charge in [0, 0.05) is 12.2 Å².